The summed E-state index contributed by atoms with van der Waals surface area (Å²) in [5, 5.41) is 3.63. The van der Waals surface area contributed by atoms with Gasteiger partial charge in [-0.25, -0.2) is 17.9 Å². The first kappa shape index (κ1) is 18.1. The van der Waals surface area contributed by atoms with E-state index < -0.39 is 22.1 Å². The van der Waals surface area contributed by atoms with Crippen LogP contribution in [0.5, 0.6) is 0 Å². The molecule has 0 aliphatic heterocycles. The first-order valence-corrected chi connectivity index (χ1v) is 8.81. The molecule has 2 rings (SSSR count). The normalized spacial score (nSPS) is 13.0. The average Bonchev–Trinajstić information content (AvgIpc) is 2.93. The molecule has 1 aromatic carbocycles. The van der Waals surface area contributed by atoms with Crippen LogP contribution in [-0.4, -0.2) is 30.6 Å². The minimum Gasteiger partial charge on any atom is -0.449 e. The molecule has 0 radical (unpaired) electrons. The summed E-state index contributed by atoms with van der Waals surface area (Å²) in [5.41, 5.74) is 0.224. The Morgan fingerprint density at radius 2 is 1.83 bits per heavy atom. The number of carbonyl (C=O) groups excluding carboxylic acids is 1. The van der Waals surface area contributed by atoms with Crippen LogP contribution in [0.3, 0.4) is 0 Å². The van der Waals surface area contributed by atoms with Crippen molar-refractivity contribution in [2.45, 2.75) is 44.7 Å². The van der Waals surface area contributed by atoms with Crippen LogP contribution in [-0.2, 0) is 14.8 Å². The smallest absolute Gasteiger partial charge is 0.338 e. The molecule has 1 atom stereocenters. The third-order valence-electron chi connectivity index (χ3n) is 2.97. The Bertz CT molecular complexity index is 812. The average molecular weight is 353 g/mol. The zero-order chi connectivity index (χ0) is 17.9. The first-order chi connectivity index (χ1) is 11.2. The summed E-state index contributed by atoms with van der Waals surface area (Å²) in [5.74, 6) is 0.0282. The first-order valence-electron chi connectivity index (χ1n) is 7.32. The number of hydrogen-bond donors (Lipinski definition) is 1. The lowest BCUT2D eigenvalue weighted by atomic mass is 10.2. The number of carbonyl (C=O) groups is 1. The fourth-order valence-corrected chi connectivity index (χ4v) is 3.16. The molecule has 0 amide bonds. The summed E-state index contributed by atoms with van der Waals surface area (Å²) >= 11 is 0. The van der Waals surface area contributed by atoms with Crippen molar-refractivity contribution in [3.05, 3.63) is 41.5 Å². The number of sulfonamides is 1. The van der Waals surface area contributed by atoms with Gasteiger partial charge in [-0.2, -0.15) is 4.98 Å². The number of aromatic nitrogens is 2. The molecular weight excluding hydrogens is 334 g/mol. The van der Waals surface area contributed by atoms with Gasteiger partial charge in [-0.3, -0.25) is 0 Å². The van der Waals surface area contributed by atoms with Gasteiger partial charge in [0.2, 0.25) is 10.0 Å². The summed E-state index contributed by atoms with van der Waals surface area (Å²) in [6, 6.07) is 5.26. The van der Waals surface area contributed by atoms with Gasteiger partial charge >= 0.3 is 5.97 Å². The second-order valence-electron chi connectivity index (χ2n) is 5.53. The Hall–Kier alpha value is -2.26. The van der Waals surface area contributed by atoms with E-state index in [2.05, 4.69) is 14.9 Å². The molecule has 0 fully saturated rings. The lowest BCUT2D eigenvalue weighted by molar-refractivity contribution is 0.0265. The van der Waals surface area contributed by atoms with Gasteiger partial charge in [0.15, 0.2) is 11.9 Å². The van der Waals surface area contributed by atoms with Gasteiger partial charge in [-0.05, 0) is 52.0 Å². The van der Waals surface area contributed by atoms with Gasteiger partial charge in [0, 0.05) is 6.04 Å². The highest BCUT2D eigenvalue weighted by Crippen LogP contribution is 2.18. The minimum atomic E-state index is -3.60. The number of ether oxygens (including phenoxy) is 1. The van der Waals surface area contributed by atoms with E-state index in [1.165, 1.54) is 24.3 Å². The van der Waals surface area contributed by atoms with E-state index in [0.717, 1.165) is 0 Å². The van der Waals surface area contributed by atoms with Crippen LogP contribution >= 0.6 is 0 Å². The molecule has 9 heteroatoms. The van der Waals surface area contributed by atoms with Crippen molar-refractivity contribution < 1.29 is 22.5 Å². The van der Waals surface area contributed by atoms with Crippen molar-refractivity contribution in [1.29, 1.82) is 0 Å². The van der Waals surface area contributed by atoms with E-state index in [1.54, 1.807) is 27.7 Å². The lowest BCUT2D eigenvalue weighted by Crippen LogP contribution is -2.30. The van der Waals surface area contributed by atoms with Crippen LogP contribution in [0.1, 0.15) is 48.9 Å². The maximum Gasteiger partial charge on any atom is 0.338 e. The van der Waals surface area contributed by atoms with E-state index in [-0.39, 0.29) is 22.4 Å². The van der Waals surface area contributed by atoms with E-state index in [9.17, 15) is 13.2 Å². The lowest BCUT2D eigenvalue weighted by Gasteiger charge is -2.11. The number of rotatable bonds is 6. The highest BCUT2D eigenvalue weighted by molar-refractivity contribution is 7.89. The van der Waals surface area contributed by atoms with Gasteiger partial charge in [-0.15, -0.1) is 0 Å². The Balaban J connectivity index is 2.08. The zero-order valence-corrected chi connectivity index (χ0v) is 14.6. The Morgan fingerprint density at radius 3 is 2.33 bits per heavy atom. The Kier molecular flexibility index (Phi) is 5.35. The summed E-state index contributed by atoms with van der Waals surface area (Å²) in [6.07, 6.45) is -0.704. The van der Waals surface area contributed by atoms with Gasteiger partial charge in [0.1, 0.15) is 0 Å². The van der Waals surface area contributed by atoms with Gasteiger partial charge in [0.25, 0.3) is 5.89 Å². The maximum absolute atomic E-state index is 12.1. The topological polar surface area (TPSA) is 111 Å². The fourth-order valence-electron chi connectivity index (χ4n) is 1.91. The number of esters is 1. The van der Waals surface area contributed by atoms with Crippen molar-refractivity contribution in [3.63, 3.8) is 0 Å². The molecule has 0 spiro atoms. The molecular formula is C15H19N3O5S. The van der Waals surface area contributed by atoms with Crippen molar-refractivity contribution in [2.24, 2.45) is 0 Å². The molecule has 130 valence electrons. The van der Waals surface area contributed by atoms with Gasteiger partial charge in [0.05, 0.1) is 10.5 Å². The van der Waals surface area contributed by atoms with Crippen LogP contribution in [0.15, 0.2) is 33.7 Å². The molecule has 24 heavy (non-hydrogen) atoms. The zero-order valence-electron chi connectivity index (χ0n) is 13.8. The third kappa shape index (κ3) is 4.39. The van der Waals surface area contributed by atoms with Crippen LogP contribution < -0.4 is 4.72 Å². The molecule has 0 bridgehead atoms. The number of nitrogens with one attached hydrogen (secondary N) is 1. The maximum atomic E-state index is 12.1. The van der Waals surface area contributed by atoms with Crippen LogP contribution in [0.4, 0.5) is 0 Å². The van der Waals surface area contributed by atoms with E-state index in [0.29, 0.717) is 5.82 Å². The number of hydrogen-bond acceptors (Lipinski definition) is 7. The van der Waals surface area contributed by atoms with E-state index in [1.807, 2.05) is 0 Å². The fraction of sp³-hybridized carbons (Fsp3) is 0.400. The highest BCUT2D eigenvalue weighted by atomic mass is 32.2. The third-order valence-corrected chi connectivity index (χ3v) is 4.64. The van der Waals surface area contributed by atoms with Crippen molar-refractivity contribution >= 4 is 16.0 Å². The Morgan fingerprint density at radius 1 is 1.21 bits per heavy atom. The minimum absolute atomic E-state index is 0.0772. The Labute approximate surface area is 140 Å². The van der Waals surface area contributed by atoms with Crippen LogP contribution in [0.2, 0.25) is 0 Å². The number of benzene rings is 1. The molecule has 0 aliphatic rings. The van der Waals surface area contributed by atoms with Crippen molar-refractivity contribution in [2.75, 3.05) is 0 Å². The molecule has 8 nitrogen and oxygen atoms in total. The predicted molar refractivity (Wildman–Crippen MR) is 84.8 cm³/mol. The molecule has 1 heterocycles. The SMILES string of the molecule is Cc1noc(C(C)OC(=O)c2ccc(S(=O)(=O)NC(C)C)cc2)n1. The van der Waals surface area contributed by atoms with E-state index in [4.69, 9.17) is 9.26 Å². The predicted octanol–water partition coefficient (Wildman–Crippen LogP) is 1.98. The molecule has 0 saturated carbocycles. The molecule has 1 unspecified atom stereocenters. The summed E-state index contributed by atoms with van der Waals surface area (Å²) in [4.78, 5) is 16.2. The molecule has 0 saturated heterocycles. The van der Waals surface area contributed by atoms with Gasteiger partial charge < -0.3 is 9.26 Å². The number of nitrogens with zero attached hydrogens (tertiary/aromatic N) is 2. The molecule has 1 N–H and O–H groups in total. The largest absolute Gasteiger partial charge is 0.449 e. The monoisotopic (exact) mass is 353 g/mol. The van der Waals surface area contributed by atoms with Crippen LogP contribution in [0.25, 0.3) is 0 Å². The molecule has 0 aliphatic carbocycles. The van der Waals surface area contributed by atoms with Crippen molar-refractivity contribution in [1.82, 2.24) is 14.9 Å². The molecule has 1 aromatic heterocycles. The van der Waals surface area contributed by atoms with Crippen LogP contribution in [0, 0.1) is 6.92 Å². The number of aryl methyl sites for hydroxylation is 1. The van der Waals surface area contributed by atoms with Gasteiger partial charge in [-0.1, -0.05) is 5.16 Å². The standard InChI is InChI=1S/C15H19N3O5S/c1-9(2)18-24(20,21)13-7-5-12(6-8-13)15(19)22-10(3)14-16-11(4)17-23-14/h5-10,18H,1-4H3. The second kappa shape index (κ2) is 7.10. The highest BCUT2D eigenvalue weighted by Gasteiger charge is 2.20. The summed E-state index contributed by atoms with van der Waals surface area (Å²) in [6.45, 7) is 6.72. The summed E-state index contributed by atoms with van der Waals surface area (Å²) < 4.78 is 36.7. The second-order valence-corrected chi connectivity index (χ2v) is 7.24. The van der Waals surface area contributed by atoms with E-state index >= 15 is 0 Å². The summed E-state index contributed by atoms with van der Waals surface area (Å²) in [7, 11) is -3.60. The molecule has 2 aromatic rings. The quantitative estimate of drug-likeness (QED) is 0.790. The van der Waals surface area contributed by atoms with Crippen molar-refractivity contribution in [3.8, 4) is 0 Å².